The number of pyridine rings is 1. The number of morpholine rings is 1. The summed E-state index contributed by atoms with van der Waals surface area (Å²) in [6.07, 6.45) is 5.56. The number of rotatable bonds is 6. The van der Waals surface area contributed by atoms with E-state index in [9.17, 15) is 4.79 Å². The minimum atomic E-state index is -0.312. The van der Waals surface area contributed by atoms with E-state index in [0.29, 0.717) is 12.2 Å². The predicted octanol–water partition coefficient (Wildman–Crippen LogP) is 1.78. The fourth-order valence-electron chi connectivity index (χ4n) is 2.88. The van der Waals surface area contributed by atoms with Crippen LogP contribution in [0.15, 0.2) is 24.5 Å². The molecule has 0 saturated carbocycles. The van der Waals surface area contributed by atoms with Gasteiger partial charge in [-0.1, -0.05) is 0 Å². The van der Waals surface area contributed by atoms with Crippen molar-refractivity contribution in [1.82, 2.24) is 14.5 Å². The zero-order valence-corrected chi connectivity index (χ0v) is 13.5. The van der Waals surface area contributed by atoms with E-state index >= 15 is 0 Å². The SMILES string of the molecule is CCOC(=O)c1cnn2ccc(CCCN3CCOCC3)cc12. The second kappa shape index (κ2) is 7.57. The van der Waals surface area contributed by atoms with Crippen molar-refractivity contribution in [1.29, 1.82) is 0 Å². The van der Waals surface area contributed by atoms with Gasteiger partial charge in [0.15, 0.2) is 0 Å². The highest BCUT2D eigenvalue weighted by Crippen LogP contribution is 2.15. The third-order valence-corrected chi connectivity index (χ3v) is 4.12. The first-order chi connectivity index (χ1) is 11.3. The summed E-state index contributed by atoms with van der Waals surface area (Å²) in [4.78, 5) is 14.4. The van der Waals surface area contributed by atoms with Gasteiger partial charge in [0, 0.05) is 19.3 Å². The van der Waals surface area contributed by atoms with Crippen LogP contribution in [-0.4, -0.2) is 59.9 Å². The van der Waals surface area contributed by atoms with Crippen molar-refractivity contribution >= 4 is 11.5 Å². The molecule has 1 aliphatic heterocycles. The number of fused-ring (bicyclic) bond motifs is 1. The Balaban J connectivity index is 1.64. The molecule has 3 rings (SSSR count). The van der Waals surface area contributed by atoms with Crippen LogP contribution in [0.5, 0.6) is 0 Å². The molecule has 0 N–H and O–H groups in total. The molecule has 0 unspecified atom stereocenters. The number of hydrogen-bond acceptors (Lipinski definition) is 5. The second-order valence-corrected chi connectivity index (χ2v) is 5.70. The van der Waals surface area contributed by atoms with Crippen molar-refractivity contribution in [2.24, 2.45) is 0 Å². The Morgan fingerprint density at radius 2 is 2.22 bits per heavy atom. The van der Waals surface area contributed by atoms with Gasteiger partial charge >= 0.3 is 5.97 Å². The summed E-state index contributed by atoms with van der Waals surface area (Å²) in [7, 11) is 0. The van der Waals surface area contributed by atoms with Crippen LogP contribution in [0, 0.1) is 0 Å². The van der Waals surface area contributed by atoms with Crippen LogP contribution in [-0.2, 0) is 15.9 Å². The van der Waals surface area contributed by atoms with E-state index in [-0.39, 0.29) is 5.97 Å². The standard InChI is InChI=1S/C17H23N3O3/c1-2-23-17(21)15-13-18-20-7-5-14(12-16(15)20)4-3-6-19-8-10-22-11-9-19/h5,7,12-13H,2-4,6,8-11H2,1H3. The molecule has 0 radical (unpaired) electrons. The molecule has 0 spiro atoms. The average molecular weight is 317 g/mol. The molecule has 0 aliphatic carbocycles. The molecular formula is C17H23N3O3. The lowest BCUT2D eigenvalue weighted by Crippen LogP contribution is -2.36. The average Bonchev–Trinajstić information content (AvgIpc) is 2.99. The molecule has 2 aromatic rings. The van der Waals surface area contributed by atoms with Crippen molar-refractivity contribution in [3.63, 3.8) is 0 Å². The minimum absolute atomic E-state index is 0.312. The van der Waals surface area contributed by atoms with E-state index in [1.807, 2.05) is 12.3 Å². The highest BCUT2D eigenvalue weighted by molar-refractivity contribution is 5.96. The summed E-state index contributed by atoms with van der Waals surface area (Å²) < 4.78 is 12.2. The van der Waals surface area contributed by atoms with Crippen molar-refractivity contribution < 1.29 is 14.3 Å². The van der Waals surface area contributed by atoms with Gasteiger partial charge in [-0.05, 0) is 44.0 Å². The Labute approximate surface area is 136 Å². The second-order valence-electron chi connectivity index (χ2n) is 5.70. The van der Waals surface area contributed by atoms with Gasteiger partial charge in [-0.25, -0.2) is 9.31 Å². The quantitative estimate of drug-likeness (QED) is 0.760. The zero-order valence-electron chi connectivity index (χ0n) is 13.5. The molecule has 2 aromatic heterocycles. The van der Waals surface area contributed by atoms with Gasteiger partial charge in [0.2, 0.25) is 0 Å². The van der Waals surface area contributed by atoms with Crippen LogP contribution in [0.1, 0.15) is 29.3 Å². The normalized spacial score (nSPS) is 15.9. The number of ether oxygens (including phenoxy) is 2. The molecule has 1 saturated heterocycles. The number of esters is 1. The van der Waals surface area contributed by atoms with Crippen molar-refractivity contribution in [3.8, 4) is 0 Å². The summed E-state index contributed by atoms with van der Waals surface area (Å²) >= 11 is 0. The fraction of sp³-hybridized carbons (Fsp3) is 0.529. The Hall–Kier alpha value is -1.92. The molecule has 0 bridgehead atoms. The van der Waals surface area contributed by atoms with Crippen LogP contribution < -0.4 is 0 Å². The van der Waals surface area contributed by atoms with Gasteiger partial charge < -0.3 is 9.47 Å². The summed E-state index contributed by atoms with van der Waals surface area (Å²) in [5.74, 6) is -0.312. The van der Waals surface area contributed by atoms with Crippen molar-refractivity contribution in [2.75, 3.05) is 39.5 Å². The molecule has 3 heterocycles. The van der Waals surface area contributed by atoms with Gasteiger partial charge in [0.25, 0.3) is 0 Å². The van der Waals surface area contributed by atoms with E-state index in [1.54, 1.807) is 17.6 Å². The Morgan fingerprint density at radius 3 is 3.00 bits per heavy atom. The lowest BCUT2D eigenvalue weighted by atomic mass is 10.1. The molecular weight excluding hydrogens is 294 g/mol. The van der Waals surface area contributed by atoms with Crippen molar-refractivity contribution in [2.45, 2.75) is 19.8 Å². The molecule has 6 nitrogen and oxygen atoms in total. The maximum Gasteiger partial charge on any atom is 0.341 e. The highest BCUT2D eigenvalue weighted by atomic mass is 16.5. The Morgan fingerprint density at radius 1 is 1.39 bits per heavy atom. The van der Waals surface area contributed by atoms with Gasteiger partial charge in [-0.15, -0.1) is 0 Å². The topological polar surface area (TPSA) is 56.1 Å². The van der Waals surface area contributed by atoms with E-state index in [2.05, 4.69) is 16.1 Å². The van der Waals surface area contributed by atoms with Crippen LogP contribution in [0.25, 0.3) is 5.52 Å². The summed E-state index contributed by atoms with van der Waals surface area (Å²) in [5, 5.41) is 4.21. The fourth-order valence-corrected chi connectivity index (χ4v) is 2.88. The zero-order chi connectivity index (χ0) is 16.1. The summed E-state index contributed by atoms with van der Waals surface area (Å²) in [6.45, 7) is 6.98. The van der Waals surface area contributed by atoms with E-state index in [4.69, 9.17) is 9.47 Å². The molecule has 23 heavy (non-hydrogen) atoms. The van der Waals surface area contributed by atoms with Crippen LogP contribution in [0.4, 0.5) is 0 Å². The van der Waals surface area contributed by atoms with Crippen LogP contribution >= 0.6 is 0 Å². The number of aromatic nitrogens is 2. The van der Waals surface area contributed by atoms with E-state index < -0.39 is 0 Å². The Kier molecular flexibility index (Phi) is 5.25. The first kappa shape index (κ1) is 16.0. The van der Waals surface area contributed by atoms with Gasteiger partial charge in [-0.3, -0.25) is 4.90 Å². The molecule has 6 heteroatoms. The maximum atomic E-state index is 12.0. The molecule has 0 amide bonds. The summed E-state index contributed by atoms with van der Waals surface area (Å²) in [5.41, 5.74) is 2.56. The summed E-state index contributed by atoms with van der Waals surface area (Å²) in [6, 6.07) is 4.10. The molecule has 1 aliphatic rings. The van der Waals surface area contributed by atoms with Crippen LogP contribution in [0.2, 0.25) is 0 Å². The number of hydrogen-bond donors (Lipinski definition) is 0. The lowest BCUT2D eigenvalue weighted by molar-refractivity contribution is 0.0374. The third kappa shape index (κ3) is 3.89. The van der Waals surface area contributed by atoms with Crippen molar-refractivity contribution in [3.05, 3.63) is 35.7 Å². The number of carbonyl (C=O) groups is 1. The molecule has 124 valence electrons. The Bertz CT molecular complexity index is 662. The monoisotopic (exact) mass is 317 g/mol. The van der Waals surface area contributed by atoms with Crippen LogP contribution in [0.3, 0.4) is 0 Å². The third-order valence-electron chi connectivity index (χ3n) is 4.12. The molecule has 0 atom stereocenters. The molecule has 1 fully saturated rings. The first-order valence-electron chi connectivity index (χ1n) is 8.21. The number of nitrogens with zero attached hydrogens (tertiary/aromatic N) is 3. The number of carbonyl (C=O) groups excluding carboxylic acids is 1. The highest BCUT2D eigenvalue weighted by Gasteiger charge is 2.14. The number of aryl methyl sites for hydroxylation is 1. The molecule has 0 aromatic carbocycles. The minimum Gasteiger partial charge on any atom is -0.462 e. The van der Waals surface area contributed by atoms with E-state index in [1.165, 1.54) is 5.56 Å². The maximum absolute atomic E-state index is 12.0. The smallest absolute Gasteiger partial charge is 0.341 e. The lowest BCUT2D eigenvalue weighted by Gasteiger charge is -2.26. The van der Waals surface area contributed by atoms with E-state index in [0.717, 1.165) is 51.2 Å². The first-order valence-corrected chi connectivity index (χ1v) is 8.21. The van der Waals surface area contributed by atoms with Gasteiger partial charge in [0.05, 0.1) is 31.5 Å². The van der Waals surface area contributed by atoms with Gasteiger partial charge in [-0.2, -0.15) is 5.10 Å². The predicted molar refractivity (Wildman–Crippen MR) is 86.7 cm³/mol. The largest absolute Gasteiger partial charge is 0.462 e. The van der Waals surface area contributed by atoms with Gasteiger partial charge in [0.1, 0.15) is 5.56 Å².